The van der Waals surface area contributed by atoms with Gasteiger partial charge in [0.1, 0.15) is 17.2 Å². The predicted octanol–water partition coefficient (Wildman–Crippen LogP) is 2.64. The van der Waals surface area contributed by atoms with Gasteiger partial charge in [-0.2, -0.15) is 0 Å². The van der Waals surface area contributed by atoms with Gasteiger partial charge in [-0.15, -0.1) is 0 Å². The molecule has 0 bridgehead atoms. The lowest BCUT2D eigenvalue weighted by Gasteiger charge is -2.40. The van der Waals surface area contributed by atoms with Crippen LogP contribution in [0.4, 0.5) is 11.4 Å². The van der Waals surface area contributed by atoms with Gasteiger partial charge in [0.05, 0.1) is 11.4 Å². The second-order valence-corrected chi connectivity index (χ2v) is 6.87. The van der Waals surface area contributed by atoms with E-state index < -0.39 is 0 Å². The van der Waals surface area contributed by atoms with Gasteiger partial charge in [0.25, 0.3) is 0 Å². The molecule has 0 saturated heterocycles. The normalized spacial score (nSPS) is 18.9. The SMILES string of the molecule is CB1C=c2oc3ccccc3c2=CN1N1c2ccccc2N(C)[C@@H]1C. The monoisotopic (exact) mass is 329 g/mol. The van der Waals surface area contributed by atoms with E-state index in [0.717, 1.165) is 16.2 Å². The fourth-order valence-electron chi connectivity index (χ4n) is 3.99. The fraction of sp³-hybridized carbons (Fsp3) is 0.200. The molecule has 2 aliphatic heterocycles. The molecule has 4 nitrogen and oxygen atoms in total. The Kier molecular flexibility index (Phi) is 2.96. The van der Waals surface area contributed by atoms with Gasteiger partial charge < -0.3 is 14.2 Å². The van der Waals surface area contributed by atoms with E-state index in [1.807, 2.05) is 12.1 Å². The zero-order valence-electron chi connectivity index (χ0n) is 14.7. The van der Waals surface area contributed by atoms with Crippen LogP contribution in [-0.4, -0.2) is 25.0 Å². The lowest BCUT2D eigenvalue weighted by Crippen LogP contribution is -2.55. The Morgan fingerprint density at radius 2 is 1.72 bits per heavy atom. The Bertz CT molecular complexity index is 1090. The van der Waals surface area contributed by atoms with Crippen LogP contribution in [-0.2, 0) is 0 Å². The van der Waals surface area contributed by atoms with Crippen molar-refractivity contribution < 1.29 is 4.42 Å². The first-order valence-electron chi connectivity index (χ1n) is 8.76. The summed E-state index contributed by atoms with van der Waals surface area (Å²) in [5, 5.41) is 4.70. The molecule has 0 radical (unpaired) electrons. The van der Waals surface area contributed by atoms with E-state index in [0.29, 0.717) is 0 Å². The Balaban J connectivity index is 1.71. The van der Waals surface area contributed by atoms with Crippen molar-refractivity contribution in [2.24, 2.45) is 0 Å². The van der Waals surface area contributed by atoms with Crippen LogP contribution < -0.4 is 20.5 Å². The van der Waals surface area contributed by atoms with Crippen LogP contribution in [0.5, 0.6) is 0 Å². The number of hydrogen-bond acceptors (Lipinski definition) is 4. The molecule has 124 valence electrons. The second-order valence-electron chi connectivity index (χ2n) is 6.87. The number of furan rings is 1. The number of fused-ring (bicyclic) bond motifs is 4. The van der Waals surface area contributed by atoms with Crippen molar-refractivity contribution in [1.29, 1.82) is 0 Å². The van der Waals surface area contributed by atoms with E-state index in [1.165, 1.54) is 16.8 Å². The minimum Gasteiger partial charge on any atom is -0.457 e. The van der Waals surface area contributed by atoms with E-state index in [2.05, 4.69) is 84.2 Å². The number of anilines is 2. The van der Waals surface area contributed by atoms with Crippen LogP contribution in [0, 0.1) is 0 Å². The third-order valence-electron chi connectivity index (χ3n) is 5.41. The molecule has 5 rings (SSSR count). The first-order valence-corrected chi connectivity index (χ1v) is 8.76. The molecule has 3 aromatic rings. The van der Waals surface area contributed by atoms with Gasteiger partial charge >= 0.3 is 6.85 Å². The number of nitrogens with zero attached hydrogens (tertiary/aromatic N) is 3. The zero-order valence-corrected chi connectivity index (χ0v) is 14.7. The molecule has 5 heteroatoms. The lowest BCUT2D eigenvalue weighted by atomic mass is 9.63. The maximum Gasteiger partial charge on any atom is 0.306 e. The molecule has 0 fully saturated rings. The molecule has 2 aliphatic rings. The number of para-hydroxylation sites is 3. The lowest BCUT2D eigenvalue weighted by molar-refractivity contribution is 0.489. The number of benzene rings is 2. The third kappa shape index (κ3) is 1.95. The number of rotatable bonds is 1. The van der Waals surface area contributed by atoms with Crippen LogP contribution in [0.25, 0.3) is 23.1 Å². The Labute approximate surface area is 147 Å². The highest BCUT2D eigenvalue weighted by molar-refractivity contribution is 6.70. The molecule has 0 amide bonds. The summed E-state index contributed by atoms with van der Waals surface area (Å²) in [6, 6.07) is 16.8. The molecule has 25 heavy (non-hydrogen) atoms. The average Bonchev–Trinajstić information content (AvgIpc) is 3.10. The van der Waals surface area contributed by atoms with E-state index in [-0.39, 0.29) is 13.0 Å². The molecule has 0 N–H and O–H groups in total. The van der Waals surface area contributed by atoms with Gasteiger partial charge in [-0.25, -0.2) is 0 Å². The standard InChI is InChI=1S/C20H20BN3O/c1-14-22(3)17-9-5-6-10-18(17)24(14)23-13-16-15-8-4-7-11-19(15)25-20(16)12-21(23)2/h4-14H,1-3H3/t14-/m0/s1. The zero-order chi connectivity index (χ0) is 17.1. The topological polar surface area (TPSA) is 22.9 Å². The largest absolute Gasteiger partial charge is 0.457 e. The van der Waals surface area contributed by atoms with Crippen molar-refractivity contribution >= 4 is 41.4 Å². The van der Waals surface area contributed by atoms with Gasteiger partial charge in [0.15, 0.2) is 0 Å². The summed E-state index contributed by atoms with van der Waals surface area (Å²) >= 11 is 0. The molecule has 0 spiro atoms. The first kappa shape index (κ1) is 14.5. The fourth-order valence-corrected chi connectivity index (χ4v) is 3.99. The highest BCUT2D eigenvalue weighted by atomic mass is 16.3. The second kappa shape index (κ2) is 5.09. The van der Waals surface area contributed by atoms with Crippen molar-refractivity contribution in [1.82, 2.24) is 4.92 Å². The van der Waals surface area contributed by atoms with Crippen molar-refractivity contribution in [2.75, 3.05) is 17.0 Å². The molecule has 1 atom stereocenters. The minimum absolute atomic E-state index is 0.218. The van der Waals surface area contributed by atoms with Crippen molar-refractivity contribution in [3.63, 3.8) is 0 Å². The van der Waals surface area contributed by atoms with Crippen molar-refractivity contribution in [2.45, 2.75) is 19.9 Å². The molecular weight excluding hydrogens is 309 g/mol. The molecule has 0 saturated carbocycles. The smallest absolute Gasteiger partial charge is 0.306 e. The predicted molar refractivity (Wildman–Crippen MR) is 105 cm³/mol. The van der Waals surface area contributed by atoms with E-state index in [4.69, 9.17) is 4.42 Å². The number of hydrogen-bond donors (Lipinski definition) is 0. The van der Waals surface area contributed by atoms with Crippen molar-refractivity contribution in [3.05, 3.63) is 59.2 Å². The van der Waals surface area contributed by atoms with Gasteiger partial charge in [-0.05, 0) is 31.1 Å². The number of hydrazine groups is 1. The molecule has 0 aliphatic carbocycles. The van der Waals surface area contributed by atoms with Crippen LogP contribution >= 0.6 is 0 Å². The van der Waals surface area contributed by atoms with E-state index in [1.54, 1.807) is 0 Å². The molecule has 2 aromatic carbocycles. The summed E-state index contributed by atoms with van der Waals surface area (Å²) in [6.07, 6.45) is 2.49. The van der Waals surface area contributed by atoms with Gasteiger partial charge in [-0.1, -0.05) is 37.2 Å². The van der Waals surface area contributed by atoms with Crippen molar-refractivity contribution in [3.8, 4) is 0 Å². The Morgan fingerprint density at radius 3 is 2.56 bits per heavy atom. The summed E-state index contributed by atoms with van der Waals surface area (Å²) in [6.45, 7) is 4.67. The Morgan fingerprint density at radius 1 is 1.00 bits per heavy atom. The minimum atomic E-state index is 0.218. The summed E-state index contributed by atoms with van der Waals surface area (Å²) < 4.78 is 6.05. The highest BCUT2D eigenvalue weighted by Crippen LogP contribution is 2.39. The third-order valence-corrected chi connectivity index (χ3v) is 5.41. The highest BCUT2D eigenvalue weighted by Gasteiger charge is 2.36. The summed E-state index contributed by atoms with van der Waals surface area (Å²) in [5.74, 6) is 2.21. The summed E-state index contributed by atoms with van der Waals surface area (Å²) in [4.78, 5) is 4.65. The van der Waals surface area contributed by atoms with E-state index in [9.17, 15) is 0 Å². The summed E-state index contributed by atoms with van der Waals surface area (Å²) in [5.41, 5.74) is 4.42. The van der Waals surface area contributed by atoms with Gasteiger partial charge in [0.2, 0.25) is 0 Å². The van der Waals surface area contributed by atoms with Gasteiger partial charge in [0, 0.05) is 23.9 Å². The first-order chi connectivity index (χ1) is 12.1. The Hall–Kier alpha value is -2.82. The van der Waals surface area contributed by atoms with Crippen LogP contribution in [0.2, 0.25) is 6.82 Å². The molecular formula is C20H20BN3O. The molecule has 1 aromatic heterocycles. The molecule has 0 unspecified atom stereocenters. The molecule has 3 heterocycles. The average molecular weight is 329 g/mol. The maximum atomic E-state index is 6.05. The summed E-state index contributed by atoms with van der Waals surface area (Å²) in [7, 11) is 2.15. The van der Waals surface area contributed by atoms with Crippen LogP contribution in [0.15, 0.2) is 52.9 Å². The van der Waals surface area contributed by atoms with Crippen LogP contribution in [0.3, 0.4) is 0 Å². The van der Waals surface area contributed by atoms with Crippen LogP contribution in [0.1, 0.15) is 6.92 Å². The van der Waals surface area contributed by atoms with E-state index >= 15 is 0 Å². The van der Waals surface area contributed by atoms with Gasteiger partial charge in [-0.3, -0.25) is 5.01 Å². The maximum absolute atomic E-state index is 6.05. The quantitative estimate of drug-likeness (QED) is 0.640.